The number of hydrogen-bond acceptors (Lipinski definition) is 4. The summed E-state index contributed by atoms with van der Waals surface area (Å²) in [5.74, 6) is 0. The predicted molar refractivity (Wildman–Crippen MR) is 170 cm³/mol. The number of hydrogen-bond donors (Lipinski definition) is 1. The first-order valence-electron chi connectivity index (χ1n) is 17.0. The molecule has 0 saturated heterocycles. The molecule has 2 N–H and O–H groups in total. The Bertz CT molecular complexity index is 439. The smallest absolute Gasteiger partial charge is 0.377 e. The van der Waals surface area contributed by atoms with Gasteiger partial charge in [-0.05, 0) is 25.7 Å². The molecule has 0 radical (unpaired) electrons. The van der Waals surface area contributed by atoms with Gasteiger partial charge in [-0.1, -0.05) is 155 Å². The summed E-state index contributed by atoms with van der Waals surface area (Å²) in [6.45, 7) is 4.59. The first-order chi connectivity index (χ1) is 18.5. The SMILES string of the molecule is CCCCCCCCCCCCCC(N)(CCCCCCCCCCCCC)CCC[Si](OC)(OC)OC. The van der Waals surface area contributed by atoms with Crippen LogP contribution in [0.5, 0.6) is 0 Å². The zero-order chi connectivity index (χ0) is 28.2. The van der Waals surface area contributed by atoms with Gasteiger partial charge < -0.3 is 19.0 Å². The van der Waals surface area contributed by atoms with E-state index in [-0.39, 0.29) is 5.54 Å². The fourth-order valence-electron chi connectivity index (χ4n) is 5.87. The summed E-state index contributed by atoms with van der Waals surface area (Å²) in [4.78, 5) is 0. The van der Waals surface area contributed by atoms with Crippen LogP contribution in [0.15, 0.2) is 0 Å². The lowest BCUT2D eigenvalue weighted by Gasteiger charge is -2.32. The van der Waals surface area contributed by atoms with Gasteiger partial charge in [0.25, 0.3) is 0 Å². The van der Waals surface area contributed by atoms with Crippen molar-refractivity contribution in [3.63, 3.8) is 0 Å². The van der Waals surface area contributed by atoms with Gasteiger partial charge in [0.05, 0.1) is 0 Å². The van der Waals surface area contributed by atoms with Crippen LogP contribution in [-0.4, -0.2) is 35.7 Å². The zero-order valence-corrected chi connectivity index (χ0v) is 27.9. The topological polar surface area (TPSA) is 53.7 Å². The number of nitrogens with two attached hydrogens (primary N) is 1. The number of unbranched alkanes of at least 4 members (excludes halogenated alkanes) is 20. The van der Waals surface area contributed by atoms with Crippen molar-refractivity contribution in [3.05, 3.63) is 0 Å². The van der Waals surface area contributed by atoms with Crippen LogP contribution >= 0.6 is 0 Å². The van der Waals surface area contributed by atoms with Gasteiger partial charge in [0.2, 0.25) is 0 Å². The molecule has 0 heterocycles. The van der Waals surface area contributed by atoms with E-state index < -0.39 is 8.80 Å². The van der Waals surface area contributed by atoms with Crippen molar-refractivity contribution in [3.8, 4) is 0 Å². The first kappa shape index (κ1) is 38.1. The molecule has 0 spiro atoms. The minimum absolute atomic E-state index is 0.0477. The van der Waals surface area contributed by atoms with Gasteiger partial charge in [-0.3, -0.25) is 0 Å². The monoisotopic (exact) mass is 558 g/mol. The summed E-state index contributed by atoms with van der Waals surface area (Å²) >= 11 is 0. The third-order valence-electron chi connectivity index (χ3n) is 8.65. The fourth-order valence-corrected chi connectivity index (χ4v) is 7.59. The Morgan fingerprint density at radius 3 is 0.974 bits per heavy atom. The summed E-state index contributed by atoms with van der Waals surface area (Å²) in [6, 6.07) is 0.853. The van der Waals surface area contributed by atoms with Crippen LogP contribution in [-0.2, 0) is 13.3 Å². The van der Waals surface area contributed by atoms with Gasteiger partial charge >= 0.3 is 8.80 Å². The quantitative estimate of drug-likeness (QED) is 0.0680. The van der Waals surface area contributed by atoms with Crippen molar-refractivity contribution in [2.75, 3.05) is 21.3 Å². The highest BCUT2D eigenvalue weighted by Gasteiger charge is 2.38. The van der Waals surface area contributed by atoms with E-state index in [1.54, 1.807) is 21.3 Å². The minimum Gasteiger partial charge on any atom is -0.377 e. The zero-order valence-electron chi connectivity index (χ0n) is 26.9. The minimum atomic E-state index is -2.51. The first-order valence-corrected chi connectivity index (χ1v) is 18.9. The maximum Gasteiger partial charge on any atom is 0.500 e. The molecular weight excluding hydrogens is 486 g/mol. The van der Waals surface area contributed by atoms with Crippen LogP contribution in [0.2, 0.25) is 6.04 Å². The lowest BCUT2D eigenvalue weighted by molar-refractivity contribution is 0.121. The molecule has 230 valence electrons. The standard InChI is InChI=1S/C33H71NO3Si/c1-6-8-10-12-14-16-18-20-22-24-26-29-33(34,31-28-32-38(35-3,36-4)37-5)30-27-25-23-21-19-17-15-13-11-9-7-2/h6-32,34H2,1-5H3. The second-order valence-electron chi connectivity index (χ2n) is 12.1. The fraction of sp³-hybridized carbons (Fsp3) is 1.00. The van der Waals surface area contributed by atoms with Gasteiger partial charge in [0.15, 0.2) is 0 Å². The summed E-state index contributed by atoms with van der Waals surface area (Å²) in [7, 11) is 2.63. The molecule has 0 aromatic carbocycles. The lowest BCUT2D eigenvalue weighted by Crippen LogP contribution is -2.44. The summed E-state index contributed by atoms with van der Waals surface area (Å²) in [5, 5.41) is 0. The van der Waals surface area contributed by atoms with Gasteiger partial charge in [0.1, 0.15) is 0 Å². The van der Waals surface area contributed by atoms with E-state index in [4.69, 9.17) is 19.0 Å². The molecule has 0 aliphatic rings. The van der Waals surface area contributed by atoms with E-state index in [0.717, 1.165) is 31.7 Å². The predicted octanol–water partition coefficient (Wildman–Crippen LogP) is 10.7. The molecule has 5 heteroatoms. The molecular formula is C33H71NO3Si. The Labute approximate surface area is 241 Å². The molecule has 38 heavy (non-hydrogen) atoms. The largest absolute Gasteiger partial charge is 0.500 e. The van der Waals surface area contributed by atoms with Crippen LogP contribution in [0.3, 0.4) is 0 Å². The average Bonchev–Trinajstić information content (AvgIpc) is 2.93. The van der Waals surface area contributed by atoms with E-state index >= 15 is 0 Å². The van der Waals surface area contributed by atoms with Gasteiger partial charge in [0, 0.05) is 32.9 Å². The molecule has 0 rings (SSSR count). The van der Waals surface area contributed by atoms with E-state index in [9.17, 15) is 0 Å². The molecule has 0 aliphatic heterocycles. The second-order valence-corrected chi connectivity index (χ2v) is 15.2. The molecule has 0 amide bonds. The van der Waals surface area contributed by atoms with Crippen molar-refractivity contribution in [1.29, 1.82) is 0 Å². The summed E-state index contributed by atoms with van der Waals surface area (Å²) in [6.07, 6.45) is 34.9. The molecule has 4 nitrogen and oxygen atoms in total. The molecule has 0 unspecified atom stereocenters. The average molecular weight is 558 g/mol. The normalized spacial score (nSPS) is 12.5. The van der Waals surface area contributed by atoms with Crippen molar-refractivity contribution in [2.24, 2.45) is 5.73 Å². The highest BCUT2D eigenvalue weighted by atomic mass is 28.4. The Hall–Kier alpha value is 0.0569. The highest BCUT2D eigenvalue weighted by molar-refractivity contribution is 6.60. The van der Waals surface area contributed by atoms with Crippen LogP contribution in [0, 0.1) is 0 Å². The van der Waals surface area contributed by atoms with Crippen molar-refractivity contribution in [1.82, 2.24) is 0 Å². The van der Waals surface area contributed by atoms with Gasteiger partial charge in [-0.2, -0.15) is 0 Å². The molecule has 0 aromatic rings. The maximum atomic E-state index is 7.09. The van der Waals surface area contributed by atoms with E-state index in [0.29, 0.717) is 0 Å². The Morgan fingerprint density at radius 1 is 0.421 bits per heavy atom. The molecule has 0 atom stereocenters. The molecule has 0 bridgehead atoms. The van der Waals surface area contributed by atoms with E-state index in [2.05, 4.69) is 13.8 Å². The molecule has 0 aromatic heterocycles. The summed E-state index contributed by atoms with van der Waals surface area (Å²) in [5.41, 5.74) is 7.04. The van der Waals surface area contributed by atoms with Crippen LogP contribution in [0.1, 0.15) is 181 Å². The van der Waals surface area contributed by atoms with Crippen molar-refractivity contribution < 1.29 is 13.3 Å². The van der Waals surface area contributed by atoms with Crippen LogP contribution < -0.4 is 5.73 Å². The summed E-state index contributed by atoms with van der Waals surface area (Å²) < 4.78 is 16.9. The Kier molecular flexibility index (Phi) is 27.3. The van der Waals surface area contributed by atoms with Gasteiger partial charge in [-0.15, -0.1) is 0 Å². The van der Waals surface area contributed by atoms with Crippen LogP contribution in [0.4, 0.5) is 0 Å². The van der Waals surface area contributed by atoms with Gasteiger partial charge in [-0.25, -0.2) is 0 Å². The third kappa shape index (κ3) is 21.8. The van der Waals surface area contributed by atoms with E-state index in [1.807, 2.05) is 0 Å². The third-order valence-corrected chi connectivity index (χ3v) is 11.5. The Morgan fingerprint density at radius 2 is 0.684 bits per heavy atom. The molecule has 0 fully saturated rings. The highest BCUT2D eigenvalue weighted by Crippen LogP contribution is 2.28. The van der Waals surface area contributed by atoms with Crippen LogP contribution in [0.25, 0.3) is 0 Å². The Balaban J connectivity index is 4.26. The van der Waals surface area contributed by atoms with E-state index in [1.165, 1.54) is 141 Å². The number of rotatable bonds is 31. The molecule has 0 aliphatic carbocycles. The maximum absolute atomic E-state index is 7.09. The second kappa shape index (κ2) is 27.2. The lowest BCUT2D eigenvalue weighted by atomic mass is 9.83. The van der Waals surface area contributed by atoms with Crippen molar-refractivity contribution >= 4 is 8.80 Å². The molecule has 0 saturated carbocycles. The van der Waals surface area contributed by atoms with Crippen molar-refractivity contribution in [2.45, 2.75) is 192 Å².